The second-order valence-corrected chi connectivity index (χ2v) is 5.55. The van der Waals surface area contributed by atoms with Crippen molar-refractivity contribution >= 4 is 0 Å². The SMILES string of the molecule is C=C(C[C@@H](C)CO)[C@@H]1CC=C(C)C1(C)C. The molecular formula is C14H24O. The lowest BCUT2D eigenvalue weighted by Gasteiger charge is -2.32. The highest BCUT2D eigenvalue weighted by atomic mass is 16.3. The maximum atomic E-state index is 9.05. The molecule has 1 aliphatic rings. The summed E-state index contributed by atoms with van der Waals surface area (Å²) in [7, 11) is 0. The minimum absolute atomic E-state index is 0.256. The zero-order valence-corrected chi connectivity index (χ0v) is 10.5. The van der Waals surface area contributed by atoms with Crippen LogP contribution in [0.2, 0.25) is 0 Å². The third-order valence-electron chi connectivity index (χ3n) is 3.96. The summed E-state index contributed by atoms with van der Waals surface area (Å²) in [5, 5.41) is 9.05. The van der Waals surface area contributed by atoms with Gasteiger partial charge in [-0.3, -0.25) is 0 Å². The summed E-state index contributed by atoms with van der Waals surface area (Å²) in [5.74, 6) is 0.903. The van der Waals surface area contributed by atoms with E-state index in [1.54, 1.807) is 0 Å². The fourth-order valence-electron chi connectivity index (χ4n) is 2.46. The summed E-state index contributed by atoms with van der Waals surface area (Å²) >= 11 is 0. The van der Waals surface area contributed by atoms with Crippen molar-refractivity contribution in [1.82, 2.24) is 0 Å². The number of hydrogen-bond acceptors (Lipinski definition) is 1. The van der Waals surface area contributed by atoms with Crippen molar-refractivity contribution in [2.24, 2.45) is 17.3 Å². The molecule has 86 valence electrons. The summed E-state index contributed by atoms with van der Waals surface area (Å²) in [4.78, 5) is 0. The van der Waals surface area contributed by atoms with Gasteiger partial charge in [0.25, 0.3) is 0 Å². The van der Waals surface area contributed by atoms with E-state index < -0.39 is 0 Å². The van der Waals surface area contributed by atoms with Crippen LogP contribution in [0.25, 0.3) is 0 Å². The molecule has 1 heteroatoms. The molecule has 0 aromatic rings. The fourth-order valence-corrected chi connectivity index (χ4v) is 2.46. The minimum atomic E-state index is 0.256. The number of rotatable bonds is 4. The molecule has 0 amide bonds. The highest BCUT2D eigenvalue weighted by Gasteiger charge is 2.36. The van der Waals surface area contributed by atoms with Crippen molar-refractivity contribution in [3.8, 4) is 0 Å². The van der Waals surface area contributed by atoms with Crippen LogP contribution in [0, 0.1) is 17.3 Å². The van der Waals surface area contributed by atoms with Gasteiger partial charge >= 0.3 is 0 Å². The van der Waals surface area contributed by atoms with Crippen molar-refractivity contribution in [2.75, 3.05) is 6.61 Å². The predicted octanol–water partition coefficient (Wildman–Crippen LogP) is 3.55. The molecule has 0 aliphatic heterocycles. The summed E-state index contributed by atoms with van der Waals surface area (Å²) in [5.41, 5.74) is 3.03. The van der Waals surface area contributed by atoms with E-state index in [0.717, 1.165) is 12.8 Å². The van der Waals surface area contributed by atoms with Crippen molar-refractivity contribution < 1.29 is 5.11 Å². The van der Waals surface area contributed by atoms with Crippen molar-refractivity contribution in [2.45, 2.75) is 40.5 Å². The van der Waals surface area contributed by atoms with Crippen molar-refractivity contribution in [1.29, 1.82) is 0 Å². The van der Waals surface area contributed by atoms with Gasteiger partial charge in [0.15, 0.2) is 0 Å². The van der Waals surface area contributed by atoms with Crippen LogP contribution in [0.1, 0.15) is 40.5 Å². The van der Waals surface area contributed by atoms with Crippen molar-refractivity contribution in [3.63, 3.8) is 0 Å². The van der Waals surface area contributed by atoms with E-state index in [1.165, 1.54) is 11.1 Å². The van der Waals surface area contributed by atoms with Gasteiger partial charge in [-0.15, -0.1) is 0 Å². The Morgan fingerprint density at radius 1 is 1.67 bits per heavy atom. The molecule has 1 nitrogen and oxygen atoms in total. The third-order valence-corrected chi connectivity index (χ3v) is 3.96. The predicted molar refractivity (Wildman–Crippen MR) is 65.7 cm³/mol. The van der Waals surface area contributed by atoms with Crippen LogP contribution < -0.4 is 0 Å². The number of aliphatic hydroxyl groups is 1. The van der Waals surface area contributed by atoms with Gasteiger partial charge in [-0.05, 0) is 37.0 Å². The first-order valence-electron chi connectivity index (χ1n) is 5.85. The number of aliphatic hydroxyl groups excluding tert-OH is 1. The van der Waals surface area contributed by atoms with E-state index in [0.29, 0.717) is 11.8 Å². The average molecular weight is 208 g/mol. The molecular weight excluding hydrogens is 184 g/mol. The molecule has 0 aromatic heterocycles. The zero-order chi connectivity index (χ0) is 11.6. The summed E-state index contributed by atoms with van der Waals surface area (Å²) in [6, 6.07) is 0. The van der Waals surface area contributed by atoms with Crippen LogP contribution in [0.4, 0.5) is 0 Å². The van der Waals surface area contributed by atoms with Crippen LogP contribution >= 0.6 is 0 Å². The Morgan fingerprint density at radius 2 is 2.27 bits per heavy atom. The molecule has 0 spiro atoms. The summed E-state index contributed by atoms with van der Waals surface area (Å²) in [6.45, 7) is 13.4. The molecule has 1 N–H and O–H groups in total. The molecule has 0 radical (unpaired) electrons. The Bertz CT molecular complexity index is 273. The Kier molecular flexibility index (Phi) is 3.77. The molecule has 0 saturated carbocycles. The fraction of sp³-hybridized carbons (Fsp3) is 0.714. The van der Waals surface area contributed by atoms with Gasteiger partial charge in [0, 0.05) is 6.61 Å². The van der Waals surface area contributed by atoms with Gasteiger partial charge < -0.3 is 5.11 Å². The van der Waals surface area contributed by atoms with E-state index >= 15 is 0 Å². The van der Waals surface area contributed by atoms with Crippen LogP contribution in [0.5, 0.6) is 0 Å². The lowest BCUT2D eigenvalue weighted by atomic mass is 9.73. The highest BCUT2D eigenvalue weighted by molar-refractivity contribution is 5.25. The molecule has 0 fully saturated rings. The van der Waals surface area contributed by atoms with E-state index in [-0.39, 0.29) is 12.0 Å². The first-order valence-corrected chi connectivity index (χ1v) is 5.85. The molecule has 0 heterocycles. The van der Waals surface area contributed by atoms with Gasteiger partial charge in [-0.25, -0.2) is 0 Å². The van der Waals surface area contributed by atoms with Gasteiger partial charge in [0.1, 0.15) is 0 Å². The maximum absolute atomic E-state index is 9.05. The maximum Gasteiger partial charge on any atom is 0.0459 e. The van der Waals surface area contributed by atoms with E-state index in [2.05, 4.69) is 40.3 Å². The minimum Gasteiger partial charge on any atom is -0.396 e. The monoisotopic (exact) mass is 208 g/mol. The Balaban J connectivity index is 2.64. The number of hydrogen-bond donors (Lipinski definition) is 1. The molecule has 0 aromatic carbocycles. The Morgan fingerprint density at radius 3 is 2.67 bits per heavy atom. The molecule has 1 rings (SSSR count). The molecule has 1 aliphatic carbocycles. The average Bonchev–Trinajstić information content (AvgIpc) is 2.41. The Hall–Kier alpha value is -0.560. The first kappa shape index (κ1) is 12.5. The summed E-state index contributed by atoms with van der Waals surface area (Å²) in [6.07, 6.45) is 4.40. The van der Waals surface area contributed by atoms with Crippen LogP contribution in [-0.2, 0) is 0 Å². The normalized spacial score (nSPS) is 26.2. The molecule has 0 unspecified atom stereocenters. The van der Waals surface area contributed by atoms with Crippen molar-refractivity contribution in [3.05, 3.63) is 23.8 Å². The van der Waals surface area contributed by atoms with Gasteiger partial charge in [-0.2, -0.15) is 0 Å². The van der Waals surface area contributed by atoms with Crippen LogP contribution in [-0.4, -0.2) is 11.7 Å². The quantitative estimate of drug-likeness (QED) is 0.700. The van der Waals surface area contributed by atoms with Crippen LogP contribution in [0.3, 0.4) is 0 Å². The van der Waals surface area contributed by atoms with Crippen LogP contribution in [0.15, 0.2) is 23.8 Å². The second-order valence-electron chi connectivity index (χ2n) is 5.55. The zero-order valence-electron chi connectivity index (χ0n) is 10.5. The third kappa shape index (κ3) is 2.52. The molecule has 2 atom stereocenters. The van der Waals surface area contributed by atoms with Gasteiger partial charge in [0.05, 0.1) is 0 Å². The van der Waals surface area contributed by atoms with E-state index in [9.17, 15) is 0 Å². The lowest BCUT2D eigenvalue weighted by molar-refractivity contribution is 0.228. The first-order chi connectivity index (χ1) is 6.89. The number of allylic oxidation sites excluding steroid dienone is 3. The second kappa shape index (κ2) is 4.52. The standard InChI is InChI=1S/C14H24O/c1-10(9-15)8-11(2)13-7-6-12(3)14(13,4)5/h6,10,13,15H,2,7-9H2,1,3-5H3/t10-,13+/m1/s1. The Labute approximate surface area is 93.9 Å². The smallest absolute Gasteiger partial charge is 0.0459 e. The lowest BCUT2D eigenvalue weighted by Crippen LogP contribution is -2.23. The molecule has 0 saturated heterocycles. The van der Waals surface area contributed by atoms with Gasteiger partial charge in [-0.1, -0.05) is 44.6 Å². The molecule has 0 bridgehead atoms. The topological polar surface area (TPSA) is 20.2 Å². The highest BCUT2D eigenvalue weighted by Crippen LogP contribution is 2.47. The van der Waals surface area contributed by atoms with E-state index in [4.69, 9.17) is 5.11 Å². The molecule has 15 heavy (non-hydrogen) atoms. The largest absolute Gasteiger partial charge is 0.396 e. The van der Waals surface area contributed by atoms with E-state index in [1.807, 2.05) is 0 Å². The van der Waals surface area contributed by atoms with Gasteiger partial charge in [0.2, 0.25) is 0 Å². The summed E-state index contributed by atoms with van der Waals surface area (Å²) < 4.78 is 0.